The number of benzene rings is 2. The smallest absolute Gasteiger partial charge is 0.255 e. The normalized spacial score (nSPS) is 12.0. The maximum Gasteiger partial charge on any atom is 0.255 e. The Hall–Kier alpha value is -2.76. The molecule has 0 spiro atoms. The molecule has 0 aromatic heterocycles. The zero-order valence-corrected chi connectivity index (χ0v) is 17.0. The number of sulfonamides is 2. The van der Waals surface area contributed by atoms with Gasteiger partial charge in [0, 0.05) is 17.8 Å². The lowest BCUT2D eigenvalue weighted by Gasteiger charge is -2.12. The van der Waals surface area contributed by atoms with E-state index in [2.05, 4.69) is 4.72 Å². The van der Waals surface area contributed by atoms with E-state index in [1.54, 1.807) is 12.1 Å². The van der Waals surface area contributed by atoms with Crippen LogP contribution in [-0.2, 0) is 20.0 Å². The molecule has 0 bridgehead atoms. The number of hydrogen-bond donors (Lipinski definition) is 2. The van der Waals surface area contributed by atoms with Gasteiger partial charge in [0.2, 0.25) is 10.0 Å². The molecule has 152 valence electrons. The Kier molecular flexibility index (Phi) is 6.54. The van der Waals surface area contributed by atoms with Crippen molar-refractivity contribution in [2.24, 2.45) is 5.14 Å². The Morgan fingerprint density at radius 1 is 0.893 bits per heavy atom. The summed E-state index contributed by atoms with van der Waals surface area (Å²) in [5, 5.41) is 5.95. The minimum atomic E-state index is -3.90. The van der Waals surface area contributed by atoms with Crippen molar-refractivity contribution < 1.29 is 31.0 Å². The standard InChI is InChI=1S/C17H20N2O7S2/c1-24-13-10-16(25-2)15(17(11-13)26-3)8-9-27(20,21)19-12-4-6-14(7-5-12)28(18,22)23/h4-11,19H,1-3H3,(H2,18,22,23)/b9-8+. The van der Waals surface area contributed by atoms with Crippen LogP contribution in [0.1, 0.15) is 5.56 Å². The molecular weight excluding hydrogens is 408 g/mol. The molecule has 11 heteroatoms. The molecule has 0 fully saturated rings. The number of hydrogen-bond acceptors (Lipinski definition) is 7. The van der Waals surface area contributed by atoms with Crippen LogP contribution >= 0.6 is 0 Å². The molecule has 3 N–H and O–H groups in total. The summed E-state index contributed by atoms with van der Waals surface area (Å²) >= 11 is 0. The topological polar surface area (TPSA) is 134 Å². The summed E-state index contributed by atoms with van der Waals surface area (Å²) in [5.41, 5.74) is 0.575. The molecule has 2 rings (SSSR count). The lowest BCUT2D eigenvalue weighted by molar-refractivity contribution is 0.374. The molecule has 28 heavy (non-hydrogen) atoms. The molecule has 0 radical (unpaired) electrons. The van der Waals surface area contributed by atoms with Crippen LogP contribution in [0.4, 0.5) is 5.69 Å². The number of nitrogens with two attached hydrogens (primary N) is 1. The quantitative estimate of drug-likeness (QED) is 0.654. The van der Waals surface area contributed by atoms with Crippen molar-refractivity contribution in [1.29, 1.82) is 0 Å². The first-order valence-corrected chi connectivity index (χ1v) is 10.8. The highest BCUT2D eigenvalue weighted by Gasteiger charge is 2.13. The zero-order valence-electron chi connectivity index (χ0n) is 15.4. The monoisotopic (exact) mass is 428 g/mol. The van der Waals surface area contributed by atoms with E-state index in [4.69, 9.17) is 19.3 Å². The van der Waals surface area contributed by atoms with Gasteiger partial charge in [-0.2, -0.15) is 0 Å². The lowest BCUT2D eigenvalue weighted by Crippen LogP contribution is -2.12. The Bertz CT molecular complexity index is 1050. The largest absolute Gasteiger partial charge is 0.496 e. The number of nitrogens with one attached hydrogen (secondary N) is 1. The number of anilines is 1. The molecule has 0 aliphatic carbocycles. The summed E-state index contributed by atoms with van der Waals surface area (Å²) in [6, 6.07) is 8.17. The predicted octanol–water partition coefficient (Wildman–Crippen LogP) is 1.77. The maximum atomic E-state index is 12.3. The second-order valence-electron chi connectivity index (χ2n) is 5.46. The summed E-state index contributed by atoms with van der Waals surface area (Å²) in [6.45, 7) is 0. The Labute approximate surface area is 163 Å². The Morgan fingerprint density at radius 2 is 1.43 bits per heavy atom. The molecule has 2 aromatic carbocycles. The average molecular weight is 428 g/mol. The van der Waals surface area contributed by atoms with E-state index in [1.807, 2.05) is 0 Å². The minimum Gasteiger partial charge on any atom is -0.496 e. The van der Waals surface area contributed by atoms with E-state index < -0.39 is 20.0 Å². The fourth-order valence-corrected chi connectivity index (χ4v) is 3.63. The fourth-order valence-electron chi connectivity index (χ4n) is 2.27. The van der Waals surface area contributed by atoms with Crippen LogP contribution in [-0.4, -0.2) is 38.2 Å². The van der Waals surface area contributed by atoms with Gasteiger partial charge in [-0.15, -0.1) is 0 Å². The summed E-state index contributed by atoms with van der Waals surface area (Å²) in [5.74, 6) is 1.21. The van der Waals surface area contributed by atoms with Crippen molar-refractivity contribution in [2.75, 3.05) is 26.1 Å². The van der Waals surface area contributed by atoms with Crippen LogP contribution < -0.4 is 24.1 Å². The third-order valence-corrected chi connectivity index (χ3v) is 5.55. The van der Waals surface area contributed by atoms with Gasteiger partial charge in [-0.3, -0.25) is 4.72 Å². The highest BCUT2D eigenvalue weighted by Crippen LogP contribution is 2.35. The van der Waals surface area contributed by atoms with Crippen LogP contribution in [0.2, 0.25) is 0 Å². The zero-order chi connectivity index (χ0) is 20.9. The van der Waals surface area contributed by atoms with Crippen molar-refractivity contribution in [1.82, 2.24) is 0 Å². The molecule has 9 nitrogen and oxygen atoms in total. The molecular formula is C17H20N2O7S2. The molecule has 0 unspecified atom stereocenters. The van der Waals surface area contributed by atoms with Crippen LogP contribution in [0.3, 0.4) is 0 Å². The first kappa shape index (κ1) is 21.5. The van der Waals surface area contributed by atoms with E-state index in [-0.39, 0.29) is 10.6 Å². The van der Waals surface area contributed by atoms with Gasteiger partial charge >= 0.3 is 0 Å². The third-order valence-electron chi connectivity index (χ3n) is 3.61. The second-order valence-corrected chi connectivity index (χ2v) is 8.59. The molecule has 2 aromatic rings. The van der Waals surface area contributed by atoms with Crippen LogP contribution in [0.5, 0.6) is 17.2 Å². The van der Waals surface area contributed by atoms with E-state index in [9.17, 15) is 16.8 Å². The molecule has 0 aliphatic rings. The van der Waals surface area contributed by atoms with E-state index in [0.717, 1.165) is 5.41 Å². The number of methoxy groups -OCH3 is 3. The summed E-state index contributed by atoms with van der Waals surface area (Å²) < 4.78 is 65.1. The highest BCUT2D eigenvalue weighted by atomic mass is 32.2. The summed E-state index contributed by atoms with van der Waals surface area (Å²) in [4.78, 5) is -0.126. The van der Waals surface area contributed by atoms with Gasteiger partial charge in [-0.05, 0) is 30.3 Å². The van der Waals surface area contributed by atoms with Crippen molar-refractivity contribution in [3.8, 4) is 17.2 Å². The Balaban J connectivity index is 2.30. The molecule has 0 heterocycles. The SMILES string of the molecule is COc1cc(OC)c(/C=C/S(=O)(=O)Nc2ccc(S(N)(=O)=O)cc2)c(OC)c1. The van der Waals surface area contributed by atoms with Gasteiger partial charge in [0.25, 0.3) is 10.0 Å². The molecule has 0 amide bonds. The van der Waals surface area contributed by atoms with Gasteiger partial charge < -0.3 is 14.2 Å². The van der Waals surface area contributed by atoms with E-state index in [1.165, 1.54) is 51.7 Å². The number of primary sulfonamides is 1. The third kappa shape index (κ3) is 5.38. The van der Waals surface area contributed by atoms with Gasteiger partial charge in [-0.25, -0.2) is 22.0 Å². The highest BCUT2D eigenvalue weighted by molar-refractivity contribution is 7.95. The second kappa shape index (κ2) is 8.50. The van der Waals surface area contributed by atoms with E-state index in [0.29, 0.717) is 22.8 Å². The van der Waals surface area contributed by atoms with Gasteiger partial charge in [-0.1, -0.05) is 0 Å². The van der Waals surface area contributed by atoms with Crippen molar-refractivity contribution >= 4 is 31.8 Å². The molecule has 0 saturated carbocycles. The summed E-state index contributed by atoms with van der Waals surface area (Å²) in [6.07, 6.45) is 1.32. The van der Waals surface area contributed by atoms with Gasteiger partial charge in [0.1, 0.15) is 17.2 Å². The first-order valence-electron chi connectivity index (χ1n) is 7.73. The first-order chi connectivity index (χ1) is 13.1. The van der Waals surface area contributed by atoms with Crippen molar-refractivity contribution in [2.45, 2.75) is 4.90 Å². The lowest BCUT2D eigenvalue weighted by atomic mass is 10.1. The molecule has 0 atom stereocenters. The van der Waals surface area contributed by atoms with Crippen molar-refractivity contribution in [3.63, 3.8) is 0 Å². The van der Waals surface area contributed by atoms with Gasteiger partial charge in [0.05, 0.1) is 37.2 Å². The van der Waals surface area contributed by atoms with Crippen LogP contribution in [0.15, 0.2) is 46.7 Å². The number of ether oxygens (including phenoxy) is 3. The van der Waals surface area contributed by atoms with Crippen molar-refractivity contribution in [3.05, 3.63) is 47.4 Å². The fraction of sp³-hybridized carbons (Fsp3) is 0.176. The minimum absolute atomic E-state index is 0.126. The molecule has 0 aliphatic heterocycles. The molecule has 0 saturated heterocycles. The maximum absolute atomic E-state index is 12.3. The van der Waals surface area contributed by atoms with E-state index >= 15 is 0 Å². The number of rotatable bonds is 8. The van der Waals surface area contributed by atoms with Crippen LogP contribution in [0, 0.1) is 0 Å². The summed E-state index contributed by atoms with van der Waals surface area (Å²) in [7, 11) is -3.40. The van der Waals surface area contributed by atoms with Gasteiger partial charge in [0.15, 0.2) is 0 Å². The predicted molar refractivity (Wildman–Crippen MR) is 105 cm³/mol. The average Bonchev–Trinajstić information content (AvgIpc) is 2.65. The Morgan fingerprint density at radius 3 is 1.86 bits per heavy atom. The van der Waals surface area contributed by atoms with Crippen LogP contribution in [0.25, 0.3) is 6.08 Å².